The molecule has 0 aliphatic heterocycles. The molecule has 0 spiro atoms. The molecule has 1 rings (SSSR count). The van der Waals surface area contributed by atoms with Gasteiger partial charge in [-0.2, -0.15) is 0 Å². The second-order valence-electron chi connectivity index (χ2n) is 7.82. The summed E-state index contributed by atoms with van der Waals surface area (Å²) >= 11 is 0. The van der Waals surface area contributed by atoms with E-state index in [1.807, 2.05) is 20.8 Å². The van der Waals surface area contributed by atoms with Gasteiger partial charge in [-0.1, -0.05) is 32.9 Å². The van der Waals surface area contributed by atoms with Gasteiger partial charge in [0.05, 0.1) is 12.5 Å². The highest BCUT2D eigenvalue weighted by molar-refractivity contribution is 5.75. The van der Waals surface area contributed by atoms with E-state index in [1.165, 1.54) is 19.1 Å². The van der Waals surface area contributed by atoms with Gasteiger partial charge < -0.3 is 9.47 Å². The molecule has 0 aliphatic rings. The van der Waals surface area contributed by atoms with Crippen molar-refractivity contribution in [3.8, 4) is 5.75 Å². The first-order valence-corrected chi connectivity index (χ1v) is 8.84. The molecule has 0 amide bonds. The summed E-state index contributed by atoms with van der Waals surface area (Å²) < 4.78 is 10.3. The van der Waals surface area contributed by atoms with Crippen LogP contribution in [0.5, 0.6) is 5.75 Å². The van der Waals surface area contributed by atoms with E-state index in [1.54, 1.807) is 0 Å². The zero-order chi connectivity index (χ0) is 19.0. The zero-order valence-corrected chi connectivity index (χ0v) is 17.0. The number of hydrogen-bond acceptors (Lipinski definition) is 3. The van der Waals surface area contributed by atoms with E-state index in [0.29, 0.717) is 5.92 Å². The van der Waals surface area contributed by atoms with Gasteiger partial charge in [-0.15, -0.1) is 0 Å². The molecular weight excluding hydrogens is 300 g/mol. The van der Waals surface area contributed by atoms with Crippen LogP contribution in [0.25, 0.3) is 0 Å². The quantitative estimate of drug-likeness (QED) is 0.621. The van der Waals surface area contributed by atoms with E-state index >= 15 is 0 Å². The molecule has 138 valence electrons. The predicted molar refractivity (Wildman–Crippen MR) is 102 cm³/mol. The van der Waals surface area contributed by atoms with Crippen molar-refractivity contribution >= 4 is 5.97 Å². The Morgan fingerprint density at radius 3 is 1.83 bits per heavy atom. The smallest absolute Gasteiger partial charge is 0.311 e. The van der Waals surface area contributed by atoms with Gasteiger partial charge in [0.15, 0.2) is 0 Å². The Morgan fingerprint density at radius 2 is 1.54 bits per heavy atom. The predicted octanol–water partition coefficient (Wildman–Crippen LogP) is 5.97. The summed E-state index contributed by atoms with van der Waals surface area (Å²) in [4.78, 5) is 10.8. The Labute approximate surface area is 148 Å². The molecule has 0 N–H and O–H groups in total. The van der Waals surface area contributed by atoms with Crippen molar-refractivity contribution in [2.24, 2.45) is 5.41 Å². The molecule has 0 aromatic heterocycles. The molecular formula is C21H36O3. The second kappa shape index (κ2) is 9.71. The molecule has 0 aliphatic carbocycles. The molecule has 3 heteroatoms. The van der Waals surface area contributed by atoms with Crippen molar-refractivity contribution in [2.75, 3.05) is 7.11 Å². The minimum Gasteiger partial charge on any atom is -0.488 e. The van der Waals surface area contributed by atoms with Gasteiger partial charge in [0.2, 0.25) is 0 Å². The lowest BCUT2D eigenvalue weighted by Gasteiger charge is -2.21. The van der Waals surface area contributed by atoms with E-state index in [2.05, 4.69) is 63.6 Å². The summed E-state index contributed by atoms with van der Waals surface area (Å²) in [6.45, 7) is 16.4. The zero-order valence-electron chi connectivity index (χ0n) is 17.0. The molecule has 1 atom stereocenters. The molecule has 0 saturated heterocycles. The van der Waals surface area contributed by atoms with Crippen LogP contribution in [0.4, 0.5) is 0 Å². The molecule has 0 saturated carbocycles. The second-order valence-corrected chi connectivity index (χ2v) is 7.82. The molecule has 0 radical (unpaired) electrons. The van der Waals surface area contributed by atoms with Crippen LogP contribution in [0, 0.1) is 5.41 Å². The summed E-state index contributed by atoms with van der Waals surface area (Å²) in [6.07, 6.45) is 2.00. The van der Waals surface area contributed by atoms with Crippen LogP contribution in [-0.4, -0.2) is 18.7 Å². The van der Waals surface area contributed by atoms with Gasteiger partial charge in [0.1, 0.15) is 11.4 Å². The standard InChI is InChI=1S/C14H22O.C7H14O2/c1-6-11(2)12-7-9-13(10-8-12)15-14(3,4)5;1-5-7(2,3)6(8)9-4/h7-11H,6H2,1-5H3;5H2,1-4H3. The van der Waals surface area contributed by atoms with Crippen molar-refractivity contribution in [3.05, 3.63) is 29.8 Å². The van der Waals surface area contributed by atoms with Gasteiger partial charge in [0.25, 0.3) is 0 Å². The normalized spacial score (nSPS) is 12.7. The van der Waals surface area contributed by atoms with Crippen LogP contribution in [0.2, 0.25) is 0 Å². The summed E-state index contributed by atoms with van der Waals surface area (Å²) in [5.41, 5.74) is 0.964. The summed E-state index contributed by atoms with van der Waals surface area (Å²) in [5, 5.41) is 0. The number of rotatable bonds is 5. The van der Waals surface area contributed by atoms with Crippen molar-refractivity contribution in [2.45, 2.75) is 79.8 Å². The first-order chi connectivity index (χ1) is 11.0. The number of hydrogen-bond donors (Lipinski definition) is 0. The van der Waals surface area contributed by atoms with Crippen molar-refractivity contribution < 1.29 is 14.3 Å². The topological polar surface area (TPSA) is 35.5 Å². The summed E-state index contributed by atoms with van der Waals surface area (Å²) in [6, 6.07) is 8.45. The average molecular weight is 337 g/mol. The number of benzene rings is 1. The fourth-order valence-corrected chi connectivity index (χ4v) is 1.87. The van der Waals surface area contributed by atoms with E-state index in [4.69, 9.17) is 4.74 Å². The molecule has 3 nitrogen and oxygen atoms in total. The van der Waals surface area contributed by atoms with Gasteiger partial charge >= 0.3 is 5.97 Å². The summed E-state index contributed by atoms with van der Waals surface area (Å²) in [7, 11) is 1.42. The molecule has 1 unspecified atom stereocenters. The first kappa shape index (κ1) is 22.5. The van der Waals surface area contributed by atoms with Crippen LogP contribution in [0.1, 0.15) is 79.7 Å². The molecule has 0 fully saturated rings. The monoisotopic (exact) mass is 336 g/mol. The molecule has 1 aromatic rings. The van der Waals surface area contributed by atoms with Gasteiger partial charge in [-0.3, -0.25) is 4.79 Å². The van der Waals surface area contributed by atoms with E-state index in [-0.39, 0.29) is 17.0 Å². The lowest BCUT2D eigenvalue weighted by atomic mass is 9.91. The van der Waals surface area contributed by atoms with Crippen LogP contribution >= 0.6 is 0 Å². The fourth-order valence-electron chi connectivity index (χ4n) is 1.87. The maximum Gasteiger partial charge on any atom is 0.311 e. The lowest BCUT2D eigenvalue weighted by molar-refractivity contribution is -0.150. The van der Waals surface area contributed by atoms with E-state index in [9.17, 15) is 4.79 Å². The molecule has 0 bridgehead atoms. The molecule has 1 aromatic carbocycles. The van der Waals surface area contributed by atoms with Gasteiger partial charge in [0, 0.05) is 0 Å². The highest BCUT2D eigenvalue weighted by atomic mass is 16.5. The Balaban J connectivity index is 0.000000506. The highest BCUT2D eigenvalue weighted by Crippen LogP contribution is 2.23. The van der Waals surface area contributed by atoms with Crippen molar-refractivity contribution in [1.29, 1.82) is 0 Å². The van der Waals surface area contributed by atoms with Crippen molar-refractivity contribution in [1.82, 2.24) is 0 Å². The van der Waals surface area contributed by atoms with Crippen LogP contribution in [0.3, 0.4) is 0 Å². The minimum atomic E-state index is -0.311. The number of carbonyl (C=O) groups excluding carboxylic acids is 1. The SMILES string of the molecule is CCC(C)(C)C(=O)OC.CCC(C)c1ccc(OC(C)(C)C)cc1. The lowest BCUT2D eigenvalue weighted by Crippen LogP contribution is -2.24. The first-order valence-electron chi connectivity index (χ1n) is 8.84. The number of methoxy groups -OCH3 is 1. The summed E-state index contributed by atoms with van der Waals surface area (Å²) in [5.74, 6) is 1.45. The number of ether oxygens (including phenoxy) is 2. The average Bonchev–Trinajstić information content (AvgIpc) is 2.53. The molecule has 0 heterocycles. The van der Waals surface area contributed by atoms with Gasteiger partial charge in [-0.25, -0.2) is 0 Å². The Kier molecular flexibility index (Phi) is 9.09. The number of esters is 1. The maximum atomic E-state index is 10.8. The van der Waals surface area contributed by atoms with Crippen LogP contribution in [0.15, 0.2) is 24.3 Å². The molecule has 24 heavy (non-hydrogen) atoms. The van der Waals surface area contributed by atoms with Crippen molar-refractivity contribution in [3.63, 3.8) is 0 Å². The van der Waals surface area contributed by atoms with E-state index < -0.39 is 0 Å². The van der Waals surface area contributed by atoms with Gasteiger partial charge in [-0.05, 0) is 71.1 Å². The third kappa shape index (κ3) is 8.37. The van der Waals surface area contributed by atoms with E-state index in [0.717, 1.165) is 12.2 Å². The Bertz CT molecular complexity index is 481. The largest absolute Gasteiger partial charge is 0.488 e. The maximum absolute atomic E-state index is 10.8. The van der Waals surface area contributed by atoms with Crippen LogP contribution < -0.4 is 4.74 Å². The third-order valence-corrected chi connectivity index (χ3v) is 4.11. The Morgan fingerprint density at radius 1 is 1.04 bits per heavy atom. The minimum absolute atomic E-state index is 0.113. The van der Waals surface area contributed by atoms with Crippen LogP contribution in [-0.2, 0) is 9.53 Å². The highest BCUT2D eigenvalue weighted by Gasteiger charge is 2.25. The Hall–Kier alpha value is -1.51. The number of carbonyl (C=O) groups is 1. The fraction of sp³-hybridized carbons (Fsp3) is 0.667. The third-order valence-electron chi connectivity index (χ3n) is 4.11.